The summed E-state index contributed by atoms with van der Waals surface area (Å²) in [7, 11) is 1.86. The van der Waals surface area contributed by atoms with Gasteiger partial charge in [-0.15, -0.1) is 0 Å². The first-order chi connectivity index (χ1) is 6.65. The van der Waals surface area contributed by atoms with Gasteiger partial charge in [0.05, 0.1) is 6.10 Å². The van der Waals surface area contributed by atoms with Gasteiger partial charge in [0.1, 0.15) is 0 Å². The Labute approximate surface area is 86.0 Å². The van der Waals surface area contributed by atoms with E-state index >= 15 is 0 Å². The average molecular weight is 193 g/mol. The molecule has 1 unspecified atom stereocenters. The van der Waals surface area contributed by atoms with Gasteiger partial charge in [0.15, 0.2) is 0 Å². The predicted octanol–water partition coefficient (Wildman–Crippen LogP) is 1.43. The van der Waals surface area contributed by atoms with Crippen molar-refractivity contribution in [2.24, 2.45) is 0 Å². The molecule has 1 aromatic carbocycles. The zero-order valence-electron chi connectivity index (χ0n) is 9.17. The van der Waals surface area contributed by atoms with Crippen LogP contribution < -0.4 is 5.32 Å². The molecular weight excluding hydrogens is 174 g/mol. The molecule has 14 heavy (non-hydrogen) atoms. The van der Waals surface area contributed by atoms with E-state index in [-0.39, 0.29) is 6.10 Å². The minimum Gasteiger partial charge on any atom is -0.391 e. The minimum atomic E-state index is -0.292. The van der Waals surface area contributed by atoms with Gasteiger partial charge in [-0.2, -0.15) is 0 Å². The molecule has 0 fully saturated rings. The highest BCUT2D eigenvalue weighted by Gasteiger charge is 2.08. The fourth-order valence-corrected chi connectivity index (χ4v) is 1.71. The standard InChI is InChI=1S/C12H19NO/c1-9-5-4-6-10(2)12(9)7-11(14)8-13-3/h4-6,11,13-14H,7-8H2,1-3H3. The van der Waals surface area contributed by atoms with Gasteiger partial charge in [-0.25, -0.2) is 0 Å². The van der Waals surface area contributed by atoms with Crippen LogP contribution in [0.2, 0.25) is 0 Å². The average Bonchev–Trinajstić information content (AvgIpc) is 2.12. The Morgan fingerprint density at radius 3 is 2.36 bits per heavy atom. The van der Waals surface area contributed by atoms with Crippen LogP contribution in [0.3, 0.4) is 0 Å². The first-order valence-electron chi connectivity index (χ1n) is 5.03. The van der Waals surface area contributed by atoms with Crippen molar-refractivity contribution >= 4 is 0 Å². The second-order valence-electron chi connectivity index (χ2n) is 3.79. The van der Waals surface area contributed by atoms with Crippen LogP contribution in [0.15, 0.2) is 18.2 Å². The molecule has 0 saturated heterocycles. The number of aliphatic hydroxyl groups excluding tert-OH is 1. The number of aliphatic hydroxyl groups is 1. The molecule has 0 amide bonds. The number of hydrogen-bond donors (Lipinski definition) is 2. The molecule has 0 spiro atoms. The van der Waals surface area contributed by atoms with Gasteiger partial charge in [-0.3, -0.25) is 0 Å². The highest BCUT2D eigenvalue weighted by atomic mass is 16.3. The molecule has 0 saturated carbocycles. The smallest absolute Gasteiger partial charge is 0.0704 e. The minimum absolute atomic E-state index is 0.292. The van der Waals surface area contributed by atoms with Crippen LogP contribution in [0.5, 0.6) is 0 Å². The number of hydrogen-bond acceptors (Lipinski definition) is 2. The first-order valence-corrected chi connectivity index (χ1v) is 5.03. The van der Waals surface area contributed by atoms with E-state index in [1.165, 1.54) is 16.7 Å². The van der Waals surface area contributed by atoms with E-state index in [9.17, 15) is 5.11 Å². The molecular formula is C12H19NO. The maximum absolute atomic E-state index is 9.69. The van der Waals surface area contributed by atoms with E-state index in [1.54, 1.807) is 0 Å². The van der Waals surface area contributed by atoms with E-state index in [0.717, 1.165) is 6.42 Å². The number of rotatable bonds is 4. The van der Waals surface area contributed by atoms with Gasteiger partial charge in [-0.05, 0) is 37.6 Å². The zero-order valence-corrected chi connectivity index (χ0v) is 9.17. The highest BCUT2D eigenvalue weighted by molar-refractivity contribution is 5.33. The normalized spacial score (nSPS) is 12.9. The van der Waals surface area contributed by atoms with E-state index in [0.29, 0.717) is 6.54 Å². The van der Waals surface area contributed by atoms with Gasteiger partial charge < -0.3 is 10.4 Å². The lowest BCUT2D eigenvalue weighted by Gasteiger charge is -2.14. The SMILES string of the molecule is CNCC(O)Cc1c(C)cccc1C. The van der Waals surface area contributed by atoms with Crippen molar-refractivity contribution in [1.82, 2.24) is 5.32 Å². The van der Waals surface area contributed by atoms with Crippen molar-refractivity contribution in [3.05, 3.63) is 34.9 Å². The maximum Gasteiger partial charge on any atom is 0.0704 e. The summed E-state index contributed by atoms with van der Waals surface area (Å²) < 4.78 is 0. The van der Waals surface area contributed by atoms with Crippen molar-refractivity contribution < 1.29 is 5.11 Å². The zero-order chi connectivity index (χ0) is 10.6. The second-order valence-corrected chi connectivity index (χ2v) is 3.79. The van der Waals surface area contributed by atoms with Gasteiger partial charge in [-0.1, -0.05) is 18.2 Å². The van der Waals surface area contributed by atoms with Crippen LogP contribution in [0.4, 0.5) is 0 Å². The van der Waals surface area contributed by atoms with Crippen LogP contribution in [0, 0.1) is 13.8 Å². The van der Waals surface area contributed by atoms with Crippen molar-refractivity contribution in [3.8, 4) is 0 Å². The third kappa shape index (κ3) is 2.82. The molecule has 1 atom stereocenters. The molecule has 78 valence electrons. The van der Waals surface area contributed by atoms with Crippen molar-refractivity contribution in [1.29, 1.82) is 0 Å². The fourth-order valence-electron chi connectivity index (χ4n) is 1.71. The molecule has 0 aliphatic rings. The van der Waals surface area contributed by atoms with Gasteiger partial charge in [0.25, 0.3) is 0 Å². The molecule has 0 aliphatic heterocycles. The third-order valence-electron chi connectivity index (χ3n) is 2.52. The van der Waals surface area contributed by atoms with Crippen LogP contribution in [-0.2, 0) is 6.42 Å². The summed E-state index contributed by atoms with van der Waals surface area (Å²) in [5.41, 5.74) is 3.80. The lowest BCUT2D eigenvalue weighted by atomic mass is 9.97. The van der Waals surface area contributed by atoms with E-state index in [4.69, 9.17) is 0 Å². The summed E-state index contributed by atoms with van der Waals surface area (Å²) in [4.78, 5) is 0. The summed E-state index contributed by atoms with van der Waals surface area (Å²) in [6, 6.07) is 6.24. The summed E-state index contributed by atoms with van der Waals surface area (Å²) in [5.74, 6) is 0. The Morgan fingerprint density at radius 2 is 1.86 bits per heavy atom. The fraction of sp³-hybridized carbons (Fsp3) is 0.500. The molecule has 0 bridgehead atoms. The third-order valence-corrected chi connectivity index (χ3v) is 2.52. The van der Waals surface area contributed by atoms with Crippen LogP contribution in [0.25, 0.3) is 0 Å². The molecule has 2 nitrogen and oxygen atoms in total. The summed E-state index contributed by atoms with van der Waals surface area (Å²) >= 11 is 0. The monoisotopic (exact) mass is 193 g/mol. The van der Waals surface area contributed by atoms with Gasteiger partial charge in [0, 0.05) is 13.0 Å². The lowest BCUT2D eigenvalue weighted by Crippen LogP contribution is -2.25. The summed E-state index contributed by atoms with van der Waals surface area (Å²) in [6.07, 6.45) is 0.444. The lowest BCUT2D eigenvalue weighted by molar-refractivity contribution is 0.174. The molecule has 0 heterocycles. The highest BCUT2D eigenvalue weighted by Crippen LogP contribution is 2.15. The number of nitrogens with one attached hydrogen (secondary N) is 1. The second kappa shape index (κ2) is 5.13. The number of aryl methyl sites for hydroxylation is 2. The van der Waals surface area contributed by atoms with Crippen molar-refractivity contribution in [3.63, 3.8) is 0 Å². The van der Waals surface area contributed by atoms with Crippen LogP contribution >= 0.6 is 0 Å². The Kier molecular flexibility index (Phi) is 4.11. The first kappa shape index (κ1) is 11.2. The molecule has 1 aromatic rings. The Bertz CT molecular complexity index is 276. The molecule has 0 aromatic heterocycles. The molecule has 1 rings (SSSR count). The molecule has 0 radical (unpaired) electrons. The van der Waals surface area contributed by atoms with Crippen molar-refractivity contribution in [2.45, 2.75) is 26.4 Å². The van der Waals surface area contributed by atoms with Crippen LogP contribution in [0.1, 0.15) is 16.7 Å². The van der Waals surface area contributed by atoms with Gasteiger partial charge in [0.2, 0.25) is 0 Å². The molecule has 2 heteroatoms. The summed E-state index contributed by atoms with van der Waals surface area (Å²) in [6.45, 7) is 4.83. The maximum atomic E-state index is 9.69. The number of likely N-dealkylation sites (N-methyl/N-ethyl adjacent to an activating group) is 1. The van der Waals surface area contributed by atoms with E-state index < -0.39 is 0 Å². The van der Waals surface area contributed by atoms with E-state index in [1.807, 2.05) is 7.05 Å². The summed E-state index contributed by atoms with van der Waals surface area (Å²) in [5, 5.41) is 12.7. The Morgan fingerprint density at radius 1 is 1.29 bits per heavy atom. The van der Waals surface area contributed by atoms with Crippen LogP contribution in [-0.4, -0.2) is 24.8 Å². The van der Waals surface area contributed by atoms with Crippen molar-refractivity contribution in [2.75, 3.05) is 13.6 Å². The predicted molar refractivity (Wildman–Crippen MR) is 59.6 cm³/mol. The Hall–Kier alpha value is -0.860. The topological polar surface area (TPSA) is 32.3 Å². The quantitative estimate of drug-likeness (QED) is 0.758. The Balaban J connectivity index is 2.75. The number of benzene rings is 1. The van der Waals surface area contributed by atoms with Gasteiger partial charge >= 0.3 is 0 Å². The molecule has 2 N–H and O–H groups in total. The largest absolute Gasteiger partial charge is 0.391 e. The van der Waals surface area contributed by atoms with E-state index in [2.05, 4.69) is 37.4 Å². The molecule has 0 aliphatic carbocycles.